The molecule has 1 aliphatic carbocycles. The van der Waals surface area contributed by atoms with Crippen LogP contribution in [0, 0.1) is 17.0 Å². The van der Waals surface area contributed by atoms with Crippen molar-refractivity contribution in [2.24, 2.45) is 14.1 Å². The first-order valence-electron chi connectivity index (χ1n) is 13.5. The second-order valence-corrected chi connectivity index (χ2v) is 10.3. The molecule has 0 radical (unpaired) electrons. The smallest absolute Gasteiger partial charge is 0.434 e. The van der Waals surface area contributed by atoms with Crippen LogP contribution >= 0.6 is 0 Å². The van der Waals surface area contributed by atoms with Crippen LogP contribution in [0.15, 0.2) is 41.5 Å². The Hall–Kier alpha value is -4.72. The number of amides is 1. The van der Waals surface area contributed by atoms with Gasteiger partial charge in [-0.3, -0.25) is 9.13 Å². The van der Waals surface area contributed by atoms with Crippen LogP contribution < -0.4 is 15.3 Å². The fraction of sp³-hybridized carbons (Fsp3) is 0.429. The largest absolute Gasteiger partial charge is 0.497 e. The zero-order chi connectivity index (χ0) is 30.1. The van der Waals surface area contributed by atoms with Crippen molar-refractivity contribution in [3.63, 3.8) is 0 Å². The molecule has 42 heavy (non-hydrogen) atoms. The number of aromatic nitrogens is 5. The Bertz CT molecular complexity index is 1700. The number of hydrogen-bond acceptors (Lipinski definition) is 9. The maximum atomic E-state index is 13.7. The molecular formula is C28H33N7O7. The van der Waals surface area contributed by atoms with Crippen molar-refractivity contribution >= 4 is 34.6 Å². The first-order valence-corrected chi connectivity index (χ1v) is 13.5. The molecule has 0 N–H and O–H groups in total. The maximum Gasteiger partial charge on any atom is 0.434 e. The molecule has 1 fully saturated rings. The summed E-state index contributed by atoms with van der Waals surface area (Å²) in [6.45, 7) is 1.57. The highest BCUT2D eigenvalue weighted by Gasteiger charge is 2.29. The number of methoxy groups -OCH3 is 2. The van der Waals surface area contributed by atoms with Gasteiger partial charge in [-0.25, -0.2) is 24.0 Å². The number of rotatable bonds is 8. The molecule has 4 aromatic rings. The molecule has 1 aliphatic rings. The Kier molecular flexibility index (Phi) is 7.98. The lowest BCUT2D eigenvalue weighted by atomic mass is 9.92. The summed E-state index contributed by atoms with van der Waals surface area (Å²) < 4.78 is 21.1. The molecule has 1 saturated carbocycles. The molecular weight excluding hydrogens is 546 g/mol. The summed E-state index contributed by atoms with van der Waals surface area (Å²) in [5.74, 6) is 0.498. The van der Waals surface area contributed by atoms with E-state index in [1.807, 2.05) is 6.92 Å². The number of fused-ring (bicyclic) bond motifs is 1. The molecule has 0 saturated heterocycles. The minimum atomic E-state index is -0.760. The number of anilines is 2. The molecule has 3 aromatic heterocycles. The quantitative estimate of drug-likeness (QED) is 0.220. The van der Waals surface area contributed by atoms with Gasteiger partial charge in [0.15, 0.2) is 12.3 Å². The van der Waals surface area contributed by atoms with Gasteiger partial charge in [0, 0.05) is 26.3 Å². The van der Waals surface area contributed by atoms with Crippen LogP contribution in [0.3, 0.4) is 0 Å². The van der Waals surface area contributed by atoms with Crippen molar-refractivity contribution < 1.29 is 23.9 Å². The highest BCUT2D eigenvalue weighted by atomic mass is 16.6. The van der Waals surface area contributed by atoms with Gasteiger partial charge >= 0.3 is 17.7 Å². The van der Waals surface area contributed by atoms with Gasteiger partial charge in [0.2, 0.25) is 0 Å². The molecule has 0 atom stereocenters. The highest BCUT2D eigenvalue weighted by Crippen LogP contribution is 2.35. The second-order valence-electron chi connectivity index (χ2n) is 10.3. The lowest BCUT2D eigenvalue weighted by Gasteiger charge is -2.28. The Labute approximate surface area is 241 Å². The first-order chi connectivity index (χ1) is 20.1. The van der Waals surface area contributed by atoms with Gasteiger partial charge in [-0.2, -0.15) is 0 Å². The van der Waals surface area contributed by atoms with Gasteiger partial charge in [0.25, 0.3) is 0 Å². The summed E-state index contributed by atoms with van der Waals surface area (Å²) in [5, 5.41) is 11.2. The summed E-state index contributed by atoms with van der Waals surface area (Å²) in [6, 6.07) is 6.93. The van der Waals surface area contributed by atoms with Crippen LogP contribution in [0.5, 0.6) is 5.75 Å². The first kappa shape index (κ1) is 28.8. The zero-order valence-corrected chi connectivity index (χ0v) is 24.1. The van der Waals surface area contributed by atoms with E-state index in [-0.39, 0.29) is 36.2 Å². The molecule has 1 amide bonds. The molecule has 0 bridgehead atoms. The topological polar surface area (TPSA) is 149 Å². The van der Waals surface area contributed by atoms with E-state index in [1.165, 1.54) is 22.7 Å². The summed E-state index contributed by atoms with van der Waals surface area (Å²) in [4.78, 5) is 47.4. The van der Waals surface area contributed by atoms with E-state index in [4.69, 9.17) is 14.2 Å². The Morgan fingerprint density at radius 2 is 1.81 bits per heavy atom. The van der Waals surface area contributed by atoms with E-state index in [2.05, 4.69) is 9.97 Å². The number of pyridine rings is 1. The Morgan fingerprint density at radius 1 is 1.07 bits per heavy atom. The number of nitro groups is 1. The van der Waals surface area contributed by atoms with Crippen LogP contribution in [0.25, 0.3) is 11.0 Å². The fourth-order valence-electron chi connectivity index (χ4n) is 5.52. The van der Waals surface area contributed by atoms with Crippen molar-refractivity contribution in [1.82, 2.24) is 23.7 Å². The number of hydrogen-bond donors (Lipinski definition) is 0. The van der Waals surface area contributed by atoms with Crippen LogP contribution in [-0.4, -0.2) is 55.0 Å². The Balaban J connectivity index is 1.56. The number of nitrogens with zero attached hydrogens (tertiary/aromatic N) is 7. The van der Waals surface area contributed by atoms with Crippen molar-refractivity contribution in [3.8, 4) is 5.75 Å². The van der Waals surface area contributed by atoms with Crippen molar-refractivity contribution in [2.45, 2.75) is 51.4 Å². The fourth-order valence-corrected chi connectivity index (χ4v) is 5.52. The normalized spacial score (nSPS) is 16.9. The predicted octanol–water partition coefficient (Wildman–Crippen LogP) is 4.30. The van der Waals surface area contributed by atoms with Crippen molar-refractivity contribution in [3.05, 3.63) is 68.5 Å². The van der Waals surface area contributed by atoms with E-state index >= 15 is 0 Å². The molecule has 222 valence electrons. The van der Waals surface area contributed by atoms with Gasteiger partial charge in [0.1, 0.15) is 17.8 Å². The van der Waals surface area contributed by atoms with E-state index in [0.29, 0.717) is 33.7 Å². The van der Waals surface area contributed by atoms with Gasteiger partial charge < -0.3 is 24.3 Å². The second kappa shape index (κ2) is 11.6. The molecule has 0 spiro atoms. The maximum absolute atomic E-state index is 13.7. The molecule has 1 aromatic carbocycles. The number of imidazole rings is 2. The monoisotopic (exact) mass is 579 g/mol. The van der Waals surface area contributed by atoms with E-state index in [1.54, 1.807) is 60.9 Å². The van der Waals surface area contributed by atoms with Gasteiger partial charge in [0.05, 0.1) is 43.2 Å². The summed E-state index contributed by atoms with van der Waals surface area (Å²) in [5.41, 5.74) is 2.69. The molecule has 14 nitrogen and oxygen atoms in total. The molecule has 0 aliphatic heterocycles. The summed E-state index contributed by atoms with van der Waals surface area (Å²) >= 11 is 0. The van der Waals surface area contributed by atoms with Crippen molar-refractivity contribution in [2.75, 3.05) is 19.1 Å². The number of carbonyl (C=O) groups excluding carboxylic acids is 1. The average molecular weight is 580 g/mol. The van der Waals surface area contributed by atoms with Crippen LogP contribution in [0.2, 0.25) is 0 Å². The third-order valence-electron chi connectivity index (χ3n) is 7.93. The zero-order valence-electron chi connectivity index (χ0n) is 24.1. The van der Waals surface area contributed by atoms with E-state index < -0.39 is 11.0 Å². The average Bonchev–Trinajstić information content (AvgIpc) is 3.48. The minimum absolute atomic E-state index is 0.0217. The van der Waals surface area contributed by atoms with Crippen molar-refractivity contribution in [1.29, 1.82) is 0 Å². The third-order valence-corrected chi connectivity index (χ3v) is 7.93. The lowest BCUT2D eigenvalue weighted by molar-refractivity contribution is -0.396. The van der Waals surface area contributed by atoms with E-state index in [0.717, 1.165) is 25.7 Å². The third kappa shape index (κ3) is 5.20. The summed E-state index contributed by atoms with van der Waals surface area (Å²) in [6.07, 6.45) is 5.55. The van der Waals surface area contributed by atoms with Crippen LogP contribution in [0.4, 0.5) is 22.2 Å². The molecule has 14 heteroatoms. The van der Waals surface area contributed by atoms with Gasteiger partial charge in [-0.05, 0) is 61.3 Å². The van der Waals surface area contributed by atoms with Crippen LogP contribution in [-0.2, 0) is 30.2 Å². The van der Waals surface area contributed by atoms with Gasteiger partial charge in [-0.1, -0.05) is 4.98 Å². The van der Waals surface area contributed by atoms with Crippen LogP contribution in [0.1, 0.15) is 43.0 Å². The molecule has 0 unspecified atom stereocenters. The van der Waals surface area contributed by atoms with Gasteiger partial charge in [-0.15, -0.1) is 0 Å². The summed E-state index contributed by atoms with van der Waals surface area (Å²) in [7, 11) is 6.44. The molecule has 5 rings (SSSR count). The van der Waals surface area contributed by atoms with E-state index in [9.17, 15) is 19.7 Å². The number of aryl methyl sites for hydroxylation is 2. The number of ether oxygens (including phenoxy) is 3. The predicted molar refractivity (Wildman–Crippen MR) is 153 cm³/mol. The minimum Gasteiger partial charge on any atom is -0.497 e. The lowest BCUT2D eigenvalue weighted by Crippen LogP contribution is -2.30. The molecule has 3 heterocycles. The highest BCUT2D eigenvalue weighted by molar-refractivity contribution is 5.97. The standard InChI is InChI=1S/C28H33N7O7/c1-17-12-21(41-5)10-11-22(17)34(28(37)42-16-19-14-30-26(31(19)2)35(38)39)25-13-23-24(15-29-25)32(3)27(36)33(23)18-6-8-20(40-4)9-7-18/h10-15,18,20H,6-9,16H2,1-5H3. The Morgan fingerprint density at radius 3 is 2.43 bits per heavy atom. The number of carbonyl (C=O) groups is 1. The SMILES string of the molecule is COc1ccc(N(C(=O)OCc2cnc([N+](=O)[O-])n2C)c2cc3c(cn2)n(C)c(=O)n3C2CCC(OC)CC2)c(C)c1. The number of benzene rings is 1.